The van der Waals surface area contributed by atoms with E-state index in [1.807, 2.05) is 12.1 Å². The summed E-state index contributed by atoms with van der Waals surface area (Å²) in [5, 5.41) is 5.56. The van der Waals surface area contributed by atoms with Crippen LogP contribution in [0.4, 0.5) is 0 Å². The second kappa shape index (κ2) is 8.30. The predicted molar refractivity (Wildman–Crippen MR) is 87.2 cm³/mol. The molecule has 7 nitrogen and oxygen atoms in total. The molecule has 2 N–H and O–H groups in total. The minimum Gasteiger partial charge on any atom is -0.468 e. The van der Waals surface area contributed by atoms with Crippen LogP contribution in [0.15, 0.2) is 22.8 Å². The number of carbonyl (C=O) groups excluding carboxylic acids is 2. The second-order valence-corrected chi connectivity index (χ2v) is 6.34. The van der Waals surface area contributed by atoms with Gasteiger partial charge in [-0.3, -0.25) is 14.5 Å². The predicted octanol–water partition coefficient (Wildman–Crippen LogP) is 0.828. The van der Waals surface area contributed by atoms with Crippen molar-refractivity contribution in [1.29, 1.82) is 0 Å². The Morgan fingerprint density at radius 3 is 2.62 bits per heavy atom. The molecule has 1 aromatic rings. The Morgan fingerprint density at radius 1 is 1.21 bits per heavy atom. The number of amides is 2. The third kappa shape index (κ3) is 4.36. The van der Waals surface area contributed by atoms with Crippen LogP contribution in [0, 0.1) is 0 Å². The first-order chi connectivity index (χ1) is 11.7. The first kappa shape index (κ1) is 17.0. The highest BCUT2D eigenvalue weighted by atomic mass is 16.5. The van der Waals surface area contributed by atoms with E-state index in [1.165, 1.54) is 0 Å². The first-order valence-corrected chi connectivity index (χ1v) is 8.68. The Hall–Kier alpha value is -1.86. The van der Waals surface area contributed by atoms with E-state index in [0.29, 0.717) is 19.8 Å². The maximum Gasteiger partial charge on any atom is 0.309 e. The van der Waals surface area contributed by atoms with E-state index in [1.54, 1.807) is 6.26 Å². The molecule has 0 bridgehead atoms. The average molecular weight is 335 g/mol. The Morgan fingerprint density at radius 2 is 1.96 bits per heavy atom. The lowest BCUT2D eigenvalue weighted by Gasteiger charge is -2.33. The van der Waals surface area contributed by atoms with Crippen LogP contribution in [-0.4, -0.2) is 55.6 Å². The van der Waals surface area contributed by atoms with Gasteiger partial charge in [-0.1, -0.05) is 12.8 Å². The van der Waals surface area contributed by atoms with Crippen LogP contribution in [0.3, 0.4) is 0 Å². The maximum absolute atomic E-state index is 12.1. The van der Waals surface area contributed by atoms with E-state index in [4.69, 9.17) is 9.15 Å². The van der Waals surface area contributed by atoms with Crippen molar-refractivity contribution in [3.8, 4) is 0 Å². The van der Waals surface area contributed by atoms with Crippen LogP contribution in [0.1, 0.15) is 37.5 Å². The van der Waals surface area contributed by atoms with Gasteiger partial charge in [0, 0.05) is 25.7 Å². The number of nitrogens with zero attached hydrogens (tertiary/aromatic N) is 1. The van der Waals surface area contributed by atoms with Gasteiger partial charge in [-0.05, 0) is 25.0 Å². The molecule has 0 unspecified atom stereocenters. The number of ether oxygens (including phenoxy) is 1. The molecule has 2 amide bonds. The molecule has 1 aromatic heterocycles. The van der Waals surface area contributed by atoms with E-state index in [2.05, 4.69) is 15.5 Å². The molecule has 7 heteroatoms. The standard InChI is InChI=1S/C17H25N3O4/c21-16(17(22)19-13-4-1-2-5-13)18-12-14(15-6-3-9-24-15)20-7-10-23-11-8-20/h3,6,9,13-14H,1-2,4-5,7-8,10-12H2,(H,18,21)(H,19,22)/t14-/m1/s1. The monoisotopic (exact) mass is 335 g/mol. The van der Waals surface area contributed by atoms with Gasteiger partial charge in [-0.25, -0.2) is 0 Å². The van der Waals surface area contributed by atoms with E-state index in [-0.39, 0.29) is 12.1 Å². The third-order valence-electron chi connectivity index (χ3n) is 4.71. The van der Waals surface area contributed by atoms with Crippen LogP contribution in [0.5, 0.6) is 0 Å². The first-order valence-electron chi connectivity index (χ1n) is 8.68. The second-order valence-electron chi connectivity index (χ2n) is 6.34. The molecule has 0 radical (unpaired) electrons. The number of hydrogen-bond acceptors (Lipinski definition) is 5. The Balaban J connectivity index is 1.54. The van der Waals surface area contributed by atoms with Crippen LogP contribution in [-0.2, 0) is 14.3 Å². The third-order valence-corrected chi connectivity index (χ3v) is 4.71. The molecule has 0 aromatic carbocycles. The van der Waals surface area contributed by atoms with Gasteiger partial charge in [0.05, 0.1) is 25.5 Å². The fraction of sp³-hybridized carbons (Fsp3) is 0.647. The molecule has 2 aliphatic rings. The molecule has 2 fully saturated rings. The lowest BCUT2D eigenvalue weighted by Crippen LogP contribution is -2.48. The quantitative estimate of drug-likeness (QED) is 0.779. The van der Waals surface area contributed by atoms with Gasteiger partial charge in [0.1, 0.15) is 5.76 Å². The molecule has 1 saturated heterocycles. The van der Waals surface area contributed by atoms with Crippen LogP contribution in [0.25, 0.3) is 0 Å². The van der Waals surface area contributed by atoms with Crippen molar-refractivity contribution in [2.24, 2.45) is 0 Å². The number of carbonyl (C=O) groups is 2. The molecule has 132 valence electrons. The van der Waals surface area contributed by atoms with Crippen molar-refractivity contribution in [2.45, 2.75) is 37.8 Å². The van der Waals surface area contributed by atoms with Gasteiger partial charge < -0.3 is 19.8 Å². The molecule has 3 rings (SSSR count). The summed E-state index contributed by atoms with van der Waals surface area (Å²) in [5.41, 5.74) is 0. The summed E-state index contributed by atoms with van der Waals surface area (Å²) in [6.07, 6.45) is 5.77. The minimum absolute atomic E-state index is 0.0906. The molecular weight excluding hydrogens is 310 g/mol. The summed E-state index contributed by atoms with van der Waals surface area (Å²) in [5.74, 6) is -0.331. The molecule has 1 aliphatic carbocycles. The molecular formula is C17H25N3O4. The van der Waals surface area contributed by atoms with E-state index in [0.717, 1.165) is 44.5 Å². The summed E-state index contributed by atoms with van der Waals surface area (Å²) < 4.78 is 10.9. The van der Waals surface area contributed by atoms with Gasteiger partial charge in [-0.2, -0.15) is 0 Å². The summed E-state index contributed by atoms with van der Waals surface area (Å²) in [6.45, 7) is 3.20. The van der Waals surface area contributed by atoms with Gasteiger partial charge in [-0.15, -0.1) is 0 Å². The number of morpholine rings is 1. The van der Waals surface area contributed by atoms with Gasteiger partial charge in [0.25, 0.3) is 0 Å². The summed E-state index contributed by atoms with van der Waals surface area (Å²) in [6, 6.07) is 3.78. The topological polar surface area (TPSA) is 83.8 Å². The van der Waals surface area contributed by atoms with E-state index >= 15 is 0 Å². The summed E-state index contributed by atoms with van der Waals surface area (Å²) in [7, 11) is 0. The lowest BCUT2D eigenvalue weighted by atomic mass is 10.1. The molecule has 1 aliphatic heterocycles. The normalized spacial score (nSPS) is 20.7. The van der Waals surface area contributed by atoms with Crippen molar-refractivity contribution >= 4 is 11.8 Å². The average Bonchev–Trinajstić information content (AvgIpc) is 3.30. The molecule has 1 atom stereocenters. The van der Waals surface area contributed by atoms with Crippen molar-refractivity contribution in [2.75, 3.05) is 32.8 Å². The zero-order valence-corrected chi connectivity index (χ0v) is 13.8. The van der Waals surface area contributed by atoms with Crippen molar-refractivity contribution in [3.05, 3.63) is 24.2 Å². The minimum atomic E-state index is -0.577. The zero-order valence-electron chi connectivity index (χ0n) is 13.8. The Bertz CT molecular complexity index is 534. The number of rotatable bonds is 5. The molecule has 0 spiro atoms. The fourth-order valence-corrected chi connectivity index (χ4v) is 3.37. The zero-order chi connectivity index (χ0) is 16.8. The van der Waals surface area contributed by atoms with Crippen molar-refractivity contribution < 1.29 is 18.7 Å². The lowest BCUT2D eigenvalue weighted by molar-refractivity contribution is -0.139. The summed E-state index contributed by atoms with van der Waals surface area (Å²) in [4.78, 5) is 26.3. The highest BCUT2D eigenvalue weighted by Gasteiger charge is 2.27. The van der Waals surface area contributed by atoms with Crippen molar-refractivity contribution in [3.63, 3.8) is 0 Å². The largest absolute Gasteiger partial charge is 0.468 e. The van der Waals surface area contributed by atoms with Gasteiger partial charge >= 0.3 is 11.8 Å². The molecule has 2 heterocycles. The van der Waals surface area contributed by atoms with Crippen LogP contribution >= 0.6 is 0 Å². The molecule has 24 heavy (non-hydrogen) atoms. The smallest absolute Gasteiger partial charge is 0.309 e. The molecule has 1 saturated carbocycles. The van der Waals surface area contributed by atoms with Crippen molar-refractivity contribution in [1.82, 2.24) is 15.5 Å². The Labute approximate surface area is 141 Å². The van der Waals surface area contributed by atoms with E-state index < -0.39 is 11.8 Å². The number of hydrogen-bond donors (Lipinski definition) is 2. The highest BCUT2D eigenvalue weighted by Crippen LogP contribution is 2.21. The number of furan rings is 1. The maximum atomic E-state index is 12.1. The van der Waals surface area contributed by atoms with E-state index in [9.17, 15) is 9.59 Å². The number of nitrogens with one attached hydrogen (secondary N) is 2. The van der Waals surface area contributed by atoms with Gasteiger partial charge in [0.15, 0.2) is 0 Å². The highest BCUT2D eigenvalue weighted by molar-refractivity contribution is 6.35. The Kier molecular flexibility index (Phi) is 5.87. The fourth-order valence-electron chi connectivity index (χ4n) is 3.37. The van der Waals surface area contributed by atoms with Crippen LogP contribution in [0.2, 0.25) is 0 Å². The van der Waals surface area contributed by atoms with Crippen LogP contribution < -0.4 is 10.6 Å². The van der Waals surface area contributed by atoms with Gasteiger partial charge in [0.2, 0.25) is 0 Å². The SMILES string of the molecule is O=C(NC[C@H](c1ccco1)N1CCOCC1)C(=O)NC1CCCC1. The summed E-state index contributed by atoms with van der Waals surface area (Å²) >= 11 is 0.